The van der Waals surface area contributed by atoms with Gasteiger partial charge in [-0.15, -0.1) is 0 Å². The van der Waals surface area contributed by atoms with E-state index in [1.165, 1.54) is 38.5 Å². The summed E-state index contributed by atoms with van der Waals surface area (Å²) in [6.45, 7) is 4.44. The lowest BCUT2D eigenvalue weighted by Gasteiger charge is -2.27. The van der Waals surface area contributed by atoms with Crippen LogP contribution in [-0.2, 0) is 19.2 Å². The molecule has 0 bridgehead atoms. The van der Waals surface area contributed by atoms with E-state index in [2.05, 4.69) is 62.5 Å². The van der Waals surface area contributed by atoms with Gasteiger partial charge in [0, 0.05) is 19.3 Å². The lowest BCUT2D eigenvalue weighted by atomic mass is 10.0. The first-order valence-electron chi connectivity index (χ1n) is 19.3. The van der Waals surface area contributed by atoms with Gasteiger partial charge in [-0.05, 0) is 83.5 Å². The summed E-state index contributed by atoms with van der Waals surface area (Å²) in [6, 6.07) is -1.37. The van der Waals surface area contributed by atoms with E-state index in [1.54, 1.807) is 0 Å². The highest BCUT2D eigenvalue weighted by atomic mass is 16.4. The average molecular weight is 671 g/mol. The summed E-state index contributed by atoms with van der Waals surface area (Å²) in [5.41, 5.74) is 5.26. The Morgan fingerprint density at radius 1 is 0.521 bits per heavy atom. The van der Waals surface area contributed by atoms with Gasteiger partial charge in [0.1, 0.15) is 6.04 Å². The van der Waals surface area contributed by atoms with Crippen molar-refractivity contribution in [2.45, 2.75) is 187 Å². The summed E-state index contributed by atoms with van der Waals surface area (Å²) in [5, 5.41) is 9.85. The number of aliphatic carboxylic acids is 1. The van der Waals surface area contributed by atoms with Gasteiger partial charge in [0.25, 0.3) is 0 Å². The largest absolute Gasteiger partial charge is 0.480 e. The van der Waals surface area contributed by atoms with Crippen LogP contribution in [0.4, 0.5) is 0 Å². The summed E-state index contributed by atoms with van der Waals surface area (Å²) in [7, 11) is 0. The number of rotatable bonds is 33. The van der Waals surface area contributed by atoms with E-state index in [0.29, 0.717) is 12.8 Å². The maximum absolute atomic E-state index is 13.2. The van der Waals surface area contributed by atoms with Gasteiger partial charge in [0.05, 0.1) is 0 Å². The fraction of sp³-hybridized carbons (Fsp3) is 0.707. The standard InChI is InChI=1S/C41H70N2O5/c1-3-5-7-9-11-13-15-17-19-21-23-25-27-29-31-33-39(45)43(37(41(47)48)35-36-38(42)44)40(46)34-32-30-28-26-24-22-20-18-16-14-12-10-8-6-4-2/h11-14,17-20,37H,3-10,15-16,21-36H2,1-2H3,(H2,42,44)(H,47,48)/b13-11-,14-12-,19-17-,20-18-/t37-/m0/s1. The van der Waals surface area contributed by atoms with Gasteiger partial charge in [0.2, 0.25) is 17.7 Å². The molecule has 0 unspecified atom stereocenters. The van der Waals surface area contributed by atoms with E-state index in [-0.39, 0.29) is 25.7 Å². The van der Waals surface area contributed by atoms with Crippen molar-refractivity contribution < 1.29 is 24.3 Å². The molecule has 0 fully saturated rings. The number of imide groups is 1. The van der Waals surface area contributed by atoms with Gasteiger partial charge in [0.15, 0.2) is 0 Å². The minimum atomic E-state index is -1.37. The summed E-state index contributed by atoms with van der Waals surface area (Å²) in [4.78, 5) is 50.7. The Kier molecular flexibility index (Phi) is 31.8. The molecule has 0 spiro atoms. The van der Waals surface area contributed by atoms with Gasteiger partial charge >= 0.3 is 5.97 Å². The lowest BCUT2D eigenvalue weighted by molar-refractivity contribution is -0.158. The molecule has 3 amide bonds. The Hall–Kier alpha value is -2.96. The number of unbranched alkanes of at least 4 members (excludes halogenated alkanes) is 16. The molecule has 7 nitrogen and oxygen atoms in total. The molecule has 7 heteroatoms. The molecule has 0 aliphatic heterocycles. The molecule has 0 aromatic heterocycles. The summed E-state index contributed by atoms with van der Waals surface area (Å²) in [6.07, 6.45) is 41.0. The summed E-state index contributed by atoms with van der Waals surface area (Å²) in [5.74, 6) is -2.86. The molecule has 0 rings (SSSR count). The van der Waals surface area contributed by atoms with Crippen molar-refractivity contribution >= 4 is 23.7 Å². The summed E-state index contributed by atoms with van der Waals surface area (Å²) < 4.78 is 0. The first-order valence-corrected chi connectivity index (χ1v) is 19.3. The number of hydrogen-bond acceptors (Lipinski definition) is 4. The highest BCUT2D eigenvalue weighted by molar-refractivity contribution is 5.99. The number of allylic oxidation sites excluding steroid dienone is 8. The molecule has 1 atom stereocenters. The molecule has 3 N–H and O–H groups in total. The highest BCUT2D eigenvalue weighted by Gasteiger charge is 2.34. The normalized spacial score (nSPS) is 12.5. The second-order valence-corrected chi connectivity index (χ2v) is 13.0. The molecule has 0 aliphatic rings. The van der Waals surface area contributed by atoms with Crippen LogP contribution in [0.3, 0.4) is 0 Å². The van der Waals surface area contributed by atoms with Crippen LogP contribution < -0.4 is 5.73 Å². The van der Waals surface area contributed by atoms with Crippen LogP contribution in [0, 0.1) is 0 Å². The van der Waals surface area contributed by atoms with Crippen molar-refractivity contribution in [3.05, 3.63) is 48.6 Å². The van der Waals surface area contributed by atoms with Crippen LogP contribution in [0.15, 0.2) is 48.6 Å². The van der Waals surface area contributed by atoms with Crippen molar-refractivity contribution in [3.8, 4) is 0 Å². The molecule has 274 valence electrons. The van der Waals surface area contributed by atoms with Crippen molar-refractivity contribution in [2.75, 3.05) is 0 Å². The second-order valence-electron chi connectivity index (χ2n) is 13.0. The average Bonchev–Trinajstić information content (AvgIpc) is 3.06. The van der Waals surface area contributed by atoms with Crippen LogP contribution >= 0.6 is 0 Å². The fourth-order valence-corrected chi connectivity index (χ4v) is 5.54. The smallest absolute Gasteiger partial charge is 0.326 e. The molecule has 0 heterocycles. The summed E-state index contributed by atoms with van der Waals surface area (Å²) >= 11 is 0. The highest BCUT2D eigenvalue weighted by Crippen LogP contribution is 2.17. The Morgan fingerprint density at radius 2 is 0.875 bits per heavy atom. The van der Waals surface area contributed by atoms with Gasteiger partial charge in [-0.1, -0.05) is 127 Å². The van der Waals surface area contributed by atoms with E-state index >= 15 is 0 Å². The number of hydrogen-bond donors (Lipinski definition) is 2. The van der Waals surface area contributed by atoms with Gasteiger partial charge in [-0.2, -0.15) is 0 Å². The first kappa shape index (κ1) is 45.0. The third-order valence-corrected chi connectivity index (χ3v) is 8.48. The number of carboxylic acid groups (broad SMARTS) is 1. The predicted octanol–water partition coefficient (Wildman–Crippen LogP) is 10.7. The SMILES string of the molecule is CCCCC/C=C\C/C=C\CCCCCCCC(=O)N(C(=O)CCCCCCC/C=C\C/C=C\CCCCC)[C@@H](CCC(N)=O)C(=O)O. The lowest BCUT2D eigenvalue weighted by Crippen LogP contribution is -2.49. The third-order valence-electron chi connectivity index (χ3n) is 8.48. The van der Waals surface area contributed by atoms with Crippen LogP contribution in [0.1, 0.15) is 181 Å². The van der Waals surface area contributed by atoms with E-state index in [0.717, 1.165) is 94.8 Å². The van der Waals surface area contributed by atoms with Crippen molar-refractivity contribution in [3.63, 3.8) is 0 Å². The fourth-order valence-electron chi connectivity index (χ4n) is 5.54. The van der Waals surface area contributed by atoms with Gasteiger partial charge in [-0.3, -0.25) is 19.3 Å². The minimum Gasteiger partial charge on any atom is -0.480 e. The number of carboxylic acids is 1. The van der Waals surface area contributed by atoms with Crippen molar-refractivity contribution in [1.82, 2.24) is 4.90 Å². The topological polar surface area (TPSA) is 118 Å². The molecule has 48 heavy (non-hydrogen) atoms. The zero-order chi connectivity index (χ0) is 35.5. The van der Waals surface area contributed by atoms with Crippen LogP contribution in [0.25, 0.3) is 0 Å². The molecular formula is C41H70N2O5. The molecule has 0 aromatic rings. The van der Waals surface area contributed by atoms with Gasteiger partial charge in [-0.25, -0.2) is 4.79 Å². The second kappa shape index (κ2) is 33.9. The molecule has 0 aromatic carbocycles. The number of primary amides is 1. The Labute approximate surface area is 293 Å². The Morgan fingerprint density at radius 3 is 1.23 bits per heavy atom. The number of carbonyl (C=O) groups excluding carboxylic acids is 3. The number of amides is 3. The molecule has 0 aliphatic carbocycles. The Bertz CT molecular complexity index is 894. The zero-order valence-corrected chi connectivity index (χ0v) is 30.7. The maximum Gasteiger partial charge on any atom is 0.326 e. The van der Waals surface area contributed by atoms with Gasteiger partial charge < -0.3 is 10.8 Å². The Balaban J connectivity index is 4.48. The van der Waals surface area contributed by atoms with E-state index in [9.17, 15) is 24.3 Å². The molecule has 0 saturated heterocycles. The quantitative estimate of drug-likeness (QED) is 0.0532. The van der Waals surface area contributed by atoms with Crippen LogP contribution in [0.5, 0.6) is 0 Å². The van der Waals surface area contributed by atoms with Crippen molar-refractivity contribution in [1.29, 1.82) is 0 Å². The molecular weight excluding hydrogens is 600 g/mol. The number of carbonyl (C=O) groups is 4. The third kappa shape index (κ3) is 28.1. The number of nitrogens with zero attached hydrogens (tertiary/aromatic N) is 1. The molecule has 0 radical (unpaired) electrons. The maximum atomic E-state index is 13.2. The van der Waals surface area contributed by atoms with Crippen molar-refractivity contribution in [2.24, 2.45) is 5.73 Å². The monoisotopic (exact) mass is 671 g/mol. The number of nitrogens with two attached hydrogens (primary N) is 1. The van der Waals surface area contributed by atoms with E-state index < -0.39 is 29.7 Å². The predicted molar refractivity (Wildman–Crippen MR) is 200 cm³/mol. The van der Waals surface area contributed by atoms with E-state index in [1.807, 2.05) is 0 Å². The molecule has 0 saturated carbocycles. The van der Waals surface area contributed by atoms with E-state index in [4.69, 9.17) is 5.73 Å². The zero-order valence-electron chi connectivity index (χ0n) is 30.7. The van der Waals surface area contributed by atoms with Crippen LogP contribution in [0.2, 0.25) is 0 Å². The first-order chi connectivity index (χ1) is 23.3. The van der Waals surface area contributed by atoms with Crippen LogP contribution in [-0.4, -0.2) is 39.7 Å². The minimum absolute atomic E-state index is 0.124.